The number of para-hydroxylation sites is 1. The number of rotatable bonds is 9. The second kappa shape index (κ2) is 9.65. The minimum absolute atomic E-state index is 0.143. The van der Waals surface area contributed by atoms with Gasteiger partial charge in [0.1, 0.15) is 11.5 Å². The van der Waals surface area contributed by atoms with E-state index in [0.29, 0.717) is 24.4 Å². The normalized spacial score (nSPS) is 12.2. The molecule has 0 aliphatic carbocycles. The van der Waals surface area contributed by atoms with Crippen LogP contribution in [0.5, 0.6) is 11.5 Å². The monoisotopic (exact) mass is 420 g/mol. The lowest BCUT2D eigenvalue weighted by molar-refractivity contribution is -0.138. The number of methoxy groups -OCH3 is 1. The average Bonchev–Trinajstić information content (AvgIpc) is 2.71. The molecule has 0 aliphatic rings. The number of carbonyl (C=O) groups excluding carboxylic acids is 1. The summed E-state index contributed by atoms with van der Waals surface area (Å²) in [6, 6.07) is 14.2. The van der Waals surface area contributed by atoms with Gasteiger partial charge in [-0.2, -0.15) is 0 Å². The van der Waals surface area contributed by atoms with Crippen molar-refractivity contribution in [1.82, 2.24) is 4.90 Å². The van der Waals surface area contributed by atoms with E-state index in [0.717, 1.165) is 17.6 Å². The Kier molecular flexibility index (Phi) is 7.50. The molecule has 0 N–H and O–H groups in total. The molecule has 0 fully saturated rings. The van der Waals surface area contributed by atoms with E-state index in [2.05, 4.69) is 0 Å². The summed E-state index contributed by atoms with van der Waals surface area (Å²) in [5.41, 5.74) is 1.43. The highest BCUT2D eigenvalue weighted by atomic mass is 32.2. The maximum Gasteiger partial charge on any atom is 0.263 e. The Bertz CT molecular complexity index is 928. The lowest BCUT2D eigenvalue weighted by Crippen LogP contribution is -2.39. The Morgan fingerprint density at radius 1 is 1.07 bits per heavy atom. The van der Waals surface area contributed by atoms with Gasteiger partial charge in [0.2, 0.25) is 10.0 Å². The van der Waals surface area contributed by atoms with Gasteiger partial charge in [-0.15, -0.1) is 0 Å². The van der Waals surface area contributed by atoms with Crippen LogP contribution in [0.2, 0.25) is 0 Å². The third-order valence-electron chi connectivity index (χ3n) is 4.60. The lowest BCUT2D eigenvalue weighted by Gasteiger charge is -2.25. The van der Waals surface area contributed by atoms with Crippen LogP contribution < -0.4 is 13.8 Å². The van der Waals surface area contributed by atoms with E-state index in [4.69, 9.17) is 9.47 Å². The first-order valence-corrected chi connectivity index (χ1v) is 11.1. The van der Waals surface area contributed by atoms with Crippen LogP contribution in [0.1, 0.15) is 18.9 Å². The number of ether oxygens (including phenoxy) is 2. The second-order valence-corrected chi connectivity index (χ2v) is 8.76. The van der Waals surface area contributed by atoms with Crippen LogP contribution >= 0.6 is 0 Å². The molecule has 0 aliphatic heterocycles. The Morgan fingerprint density at radius 3 is 2.24 bits per heavy atom. The van der Waals surface area contributed by atoms with Crippen molar-refractivity contribution >= 4 is 21.6 Å². The number of amides is 1. The van der Waals surface area contributed by atoms with Gasteiger partial charge >= 0.3 is 0 Å². The minimum atomic E-state index is -3.34. The molecule has 0 spiro atoms. The summed E-state index contributed by atoms with van der Waals surface area (Å²) in [6.45, 7) is 2.28. The first-order valence-electron chi connectivity index (χ1n) is 9.24. The smallest absolute Gasteiger partial charge is 0.263 e. The van der Waals surface area contributed by atoms with Gasteiger partial charge in [0.05, 0.1) is 19.1 Å². The third-order valence-corrected chi connectivity index (χ3v) is 5.80. The van der Waals surface area contributed by atoms with E-state index in [1.54, 1.807) is 43.3 Å². The van der Waals surface area contributed by atoms with Crippen molar-refractivity contribution in [1.29, 1.82) is 0 Å². The fourth-order valence-corrected chi connectivity index (χ4v) is 3.32. The van der Waals surface area contributed by atoms with E-state index < -0.39 is 16.1 Å². The third kappa shape index (κ3) is 5.87. The van der Waals surface area contributed by atoms with Crippen molar-refractivity contribution in [3.63, 3.8) is 0 Å². The Hall–Kier alpha value is -2.74. The van der Waals surface area contributed by atoms with Crippen molar-refractivity contribution in [2.75, 3.05) is 31.8 Å². The highest BCUT2D eigenvalue weighted by Crippen LogP contribution is 2.23. The first kappa shape index (κ1) is 22.5. The van der Waals surface area contributed by atoms with Crippen LogP contribution in [-0.2, 0) is 21.4 Å². The molecule has 0 heterocycles. The molecule has 0 saturated heterocycles. The molecule has 0 aromatic heterocycles. The highest BCUT2D eigenvalue weighted by molar-refractivity contribution is 7.92. The Balaban J connectivity index is 2.07. The molecular formula is C21H28N2O5S. The van der Waals surface area contributed by atoms with Crippen LogP contribution in [0, 0.1) is 0 Å². The molecule has 2 rings (SSSR count). The number of nitrogens with zero attached hydrogens (tertiary/aromatic N) is 2. The summed E-state index contributed by atoms with van der Waals surface area (Å²) in [4.78, 5) is 14.5. The summed E-state index contributed by atoms with van der Waals surface area (Å²) in [6.07, 6.45) is 0.995. The Morgan fingerprint density at radius 2 is 1.69 bits per heavy atom. The molecule has 2 aromatic carbocycles. The van der Waals surface area contributed by atoms with E-state index in [9.17, 15) is 13.2 Å². The topological polar surface area (TPSA) is 76.2 Å². The number of hydrogen-bond acceptors (Lipinski definition) is 5. The van der Waals surface area contributed by atoms with Crippen molar-refractivity contribution in [3.05, 3.63) is 54.1 Å². The standard InChI is InChI=1S/C21H28N2O5S/c1-6-19(21(24)22(2)15-16-9-7-8-10-20(16)27-4)28-18-13-11-17(12-14-18)23(3)29(5,25)26/h7-14,19H,6,15H2,1-5H3. The molecule has 2 aromatic rings. The van der Waals surface area contributed by atoms with Gasteiger partial charge in [-0.3, -0.25) is 9.10 Å². The molecule has 0 saturated carbocycles. The number of likely N-dealkylation sites (N-methyl/N-ethyl adjacent to an activating group) is 1. The second-order valence-electron chi connectivity index (χ2n) is 6.75. The molecule has 8 heteroatoms. The molecule has 0 bridgehead atoms. The van der Waals surface area contributed by atoms with Crippen molar-refractivity contribution in [3.8, 4) is 11.5 Å². The maximum atomic E-state index is 12.9. The zero-order chi connectivity index (χ0) is 21.6. The highest BCUT2D eigenvalue weighted by Gasteiger charge is 2.23. The van der Waals surface area contributed by atoms with E-state index in [-0.39, 0.29) is 5.91 Å². The van der Waals surface area contributed by atoms with Gasteiger partial charge in [0.15, 0.2) is 6.10 Å². The summed E-state index contributed by atoms with van der Waals surface area (Å²) in [5.74, 6) is 1.09. The van der Waals surface area contributed by atoms with Crippen LogP contribution in [0.25, 0.3) is 0 Å². The summed E-state index contributed by atoms with van der Waals surface area (Å²) >= 11 is 0. The number of benzene rings is 2. The predicted octanol–water partition coefficient (Wildman–Crippen LogP) is 2.91. The maximum absolute atomic E-state index is 12.9. The van der Waals surface area contributed by atoms with Crippen molar-refractivity contribution in [2.45, 2.75) is 26.0 Å². The van der Waals surface area contributed by atoms with Crippen LogP contribution in [0.4, 0.5) is 5.69 Å². The molecule has 1 unspecified atom stereocenters. The summed E-state index contributed by atoms with van der Waals surface area (Å²) in [7, 11) is 1.48. The molecular weight excluding hydrogens is 392 g/mol. The van der Waals surface area contributed by atoms with Gasteiger partial charge in [-0.05, 0) is 36.8 Å². The predicted molar refractivity (Wildman–Crippen MR) is 114 cm³/mol. The van der Waals surface area contributed by atoms with Crippen LogP contribution in [-0.4, -0.2) is 52.8 Å². The first-order chi connectivity index (χ1) is 13.7. The van der Waals surface area contributed by atoms with E-state index >= 15 is 0 Å². The average molecular weight is 421 g/mol. The van der Waals surface area contributed by atoms with Gasteiger partial charge in [-0.25, -0.2) is 8.42 Å². The van der Waals surface area contributed by atoms with Gasteiger partial charge in [-0.1, -0.05) is 25.1 Å². The summed E-state index contributed by atoms with van der Waals surface area (Å²) in [5, 5.41) is 0. The summed E-state index contributed by atoms with van der Waals surface area (Å²) < 4.78 is 35.7. The lowest BCUT2D eigenvalue weighted by atomic mass is 10.1. The van der Waals surface area contributed by atoms with Crippen molar-refractivity contribution < 1.29 is 22.7 Å². The van der Waals surface area contributed by atoms with Crippen molar-refractivity contribution in [2.24, 2.45) is 0 Å². The molecule has 1 amide bonds. The Labute approximate surface area is 172 Å². The number of carbonyl (C=O) groups is 1. The molecule has 0 radical (unpaired) electrons. The van der Waals surface area contributed by atoms with E-state index in [1.807, 2.05) is 31.2 Å². The van der Waals surface area contributed by atoms with Gasteiger partial charge in [0, 0.05) is 26.2 Å². The molecule has 158 valence electrons. The van der Waals surface area contributed by atoms with Crippen LogP contribution in [0.3, 0.4) is 0 Å². The zero-order valence-electron chi connectivity index (χ0n) is 17.5. The van der Waals surface area contributed by atoms with Gasteiger partial charge in [0.25, 0.3) is 5.91 Å². The number of sulfonamides is 1. The SMILES string of the molecule is CCC(Oc1ccc(N(C)S(C)(=O)=O)cc1)C(=O)N(C)Cc1ccccc1OC. The molecule has 7 nitrogen and oxygen atoms in total. The largest absolute Gasteiger partial charge is 0.496 e. The minimum Gasteiger partial charge on any atom is -0.496 e. The zero-order valence-corrected chi connectivity index (χ0v) is 18.3. The fourth-order valence-electron chi connectivity index (χ4n) is 2.81. The number of anilines is 1. The van der Waals surface area contributed by atoms with Gasteiger partial charge < -0.3 is 14.4 Å². The quantitative estimate of drug-likeness (QED) is 0.623. The molecule has 1 atom stereocenters. The number of hydrogen-bond donors (Lipinski definition) is 0. The van der Waals surface area contributed by atoms with Crippen LogP contribution in [0.15, 0.2) is 48.5 Å². The van der Waals surface area contributed by atoms with E-state index in [1.165, 1.54) is 11.4 Å². The molecule has 29 heavy (non-hydrogen) atoms. The fraction of sp³-hybridized carbons (Fsp3) is 0.381.